The second-order valence-electron chi connectivity index (χ2n) is 2.60. The van der Waals surface area contributed by atoms with E-state index in [9.17, 15) is 4.79 Å². The first-order valence-corrected chi connectivity index (χ1v) is 5.30. The zero-order valence-corrected chi connectivity index (χ0v) is 8.91. The Balaban J connectivity index is 3.08. The van der Waals surface area contributed by atoms with Crippen LogP contribution in [0.25, 0.3) is 0 Å². The third-order valence-electron chi connectivity index (χ3n) is 1.56. The first-order chi connectivity index (χ1) is 6.17. The number of carbonyl (C=O) groups is 1. The van der Waals surface area contributed by atoms with Crippen molar-refractivity contribution < 1.29 is 9.53 Å². The maximum Gasteiger partial charge on any atom is 0.337 e. The maximum absolute atomic E-state index is 11.2. The summed E-state index contributed by atoms with van der Waals surface area (Å²) in [5, 5.41) is 0. The number of benzene rings is 1. The van der Waals surface area contributed by atoms with Crippen molar-refractivity contribution in [3.05, 3.63) is 29.3 Å². The number of rotatable bonds is 2. The maximum atomic E-state index is 11.2. The van der Waals surface area contributed by atoms with Crippen molar-refractivity contribution in [1.82, 2.24) is 0 Å². The molecule has 0 N–H and O–H groups in total. The predicted octanol–water partition coefficient (Wildman–Crippen LogP) is 3.03. The molecule has 0 fully saturated rings. The average molecular weight is 217 g/mol. The summed E-state index contributed by atoms with van der Waals surface area (Å²) >= 11 is 0. The van der Waals surface area contributed by atoms with Gasteiger partial charge in [-0.3, -0.25) is 0 Å². The highest BCUT2D eigenvalue weighted by molar-refractivity contribution is 8.21. The molecule has 0 aromatic heterocycles. The number of hydrogen-bond donors (Lipinski definition) is 0. The van der Waals surface area contributed by atoms with Gasteiger partial charge in [0.1, 0.15) is 0 Å². The van der Waals surface area contributed by atoms with E-state index in [0.29, 0.717) is 5.56 Å². The molecule has 1 aromatic rings. The van der Waals surface area contributed by atoms with Crippen LogP contribution in [0.2, 0.25) is 0 Å². The largest absolute Gasteiger partial charge is 0.465 e. The van der Waals surface area contributed by atoms with Crippen molar-refractivity contribution in [2.45, 2.75) is 11.8 Å². The fourth-order valence-electron chi connectivity index (χ4n) is 1.03. The molecule has 70 valence electrons. The standard InChI is InChI=1S/C9H9ClO2S/c1-6-3-7(9(11)12-2)5-8(4-6)13-10/h3-5H,1-2H3. The van der Waals surface area contributed by atoms with Crippen LogP contribution >= 0.6 is 21.7 Å². The molecule has 0 saturated heterocycles. The van der Waals surface area contributed by atoms with Gasteiger partial charge in [0.05, 0.1) is 12.7 Å². The molecule has 2 nitrogen and oxygen atoms in total. The third-order valence-corrected chi connectivity index (χ3v) is 2.51. The second kappa shape index (κ2) is 4.53. The molecule has 0 radical (unpaired) electrons. The van der Waals surface area contributed by atoms with Crippen molar-refractivity contribution in [1.29, 1.82) is 0 Å². The highest BCUT2D eigenvalue weighted by Crippen LogP contribution is 2.24. The lowest BCUT2D eigenvalue weighted by atomic mass is 10.1. The van der Waals surface area contributed by atoms with Gasteiger partial charge < -0.3 is 4.74 Å². The number of halogens is 1. The Hall–Kier alpha value is -0.670. The zero-order chi connectivity index (χ0) is 9.84. The summed E-state index contributed by atoms with van der Waals surface area (Å²) in [5.41, 5.74) is 1.52. The Morgan fingerprint density at radius 2 is 2.15 bits per heavy atom. The number of ether oxygens (including phenoxy) is 1. The lowest BCUT2D eigenvalue weighted by molar-refractivity contribution is 0.0600. The van der Waals surface area contributed by atoms with Gasteiger partial charge in [0, 0.05) is 4.90 Å². The molecule has 4 heteroatoms. The van der Waals surface area contributed by atoms with Crippen LogP contribution in [-0.2, 0) is 4.74 Å². The fourth-order valence-corrected chi connectivity index (χ4v) is 1.70. The SMILES string of the molecule is COC(=O)c1cc(C)cc(SCl)c1. The third kappa shape index (κ3) is 2.64. The van der Waals surface area contributed by atoms with E-state index in [1.165, 1.54) is 7.11 Å². The minimum atomic E-state index is -0.337. The molecule has 1 rings (SSSR count). The monoisotopic (exact) mass is 216 g/mol. The summed E-state index contributed by atoms with van der Waals surface area (Å²) in [6, 6.07) is 5.38. The van der Waals surface area contributed by atoms with Gasteiger partial charge in [0.2, 0.25) is 0 Å². The van der Waals surface area contributed by atoms with Gasteiger partial charge in [0.15, 0.2) is 0 Å². The van der Waals surface area contributed by atoms with E-state index in [0.717, 1.165) is 21.4 Å². The van der Waals surface area contributed by atoms with E-state index in [-0.39, 0.29) is 5.97 Å². The Morgan fingerprint density at radius 1 is 1.46 bits per heavy atom. The zero-order valence-electron chi connectivity index (χ0n) is 7.33. The van der Waals surface area contributed by atoms with Gasteiger partial charge in [-0.25, -0.2) is 4.79 Å². The van der Waals surface area contributed by atoms with Crippen molar-refractivity contribution in [3.8, 4) is 0 Å². The van der Waals surface area contributed by atoms with Crippen molar-refractivity contribution >= 4 is 27.6 Å². The van der Waals surface area contributed by atoms with Crippen LogP contribution in [0.3, 0.4) is 0 Å². The molecule has 13 heavy (non-hydrogen) atoms. The van der Waals surface area contributed by atoms with Gasteiger partial charge in [-0.1, -0.05) is 0 Å². The van der Waals surface area contributed by atoms with Gasteiger partial charge in [0.25, 0.3) is 0 Å². The van der Waals surface area contributed by atoms with Crippen LogP contribution in [0.5, 0.6) is 0 Å². The lowest BCUT2D eigenvalue weighted by Crippen LogP contribution is -2.01. The molecule has 0 aliphatic rings. The Labute approximate surface area is 85.7 Å². The molecular formula is C9H9ClO2S. The first-order valence-electron chi connectivity index (χ1n) is 3.66. The van der Waals surface area contributed by atoms with Crippen molar-refractivity contribution in [3.63, 3.8) is 0 Å². The molecule has 0 saturated carbocycles. The summed E-state index contributed by atoms with van der Waals surface area (Å²) in [6.45, 7) is 1.91. The lowest BCUT2D eigenvalue weighted by Gasteiger charge is -2.02. The van der Waals surface area contributed by atoms with Gasteiger partial charge in [-0.2, -0.15) is 0 Å². The van der Waals surface area contributed by atoms with Gasteiger partial charge in [-0.15, -0.1) is 0 Å². The van der Waals surface area contributed by atoms with Gasteiger partial charge >= 0.3 is 5.97 Å². The van der Waals surface area contributed by atoms with Crippen LogP contribution in [0.4, 0.5) is 0 Å². The smallest absolute Gasteiger partial charge is 0.337 e. The van der Waals surface area contributed by atoms with E-state index in [1.807, 2.05) is 13.0 Å². The van der Waals surface area contributed by atoms with Crippen molar-refractivity contribution in [2.75, 3.05) is 7.11 Å². The van der Waals surface area contributed by atoms with E-state index in [4.69, 9.17) is 10.7 Å². The highest BCUT2D eigenvalue weighted by atomic mass is 35.7. The summed E-state index contributed by atoms with van der Waals surface area (Å²) in [7, 11) is 8.03. The summed E-state index contributed by atoms with van der Waals surface area (Å²) in [4.78, 5) is 12.0. The predicted molar refractivity (Wildman–Crippen MR) is 54.2 cm³/mol. The van der Waals surface area contributed by atoms with Gasteiger partial charge in [-0.05, 0) is 52.3 Å². The Bertz CT molecular complexity index is 325. The fraction of sp³-hybridized carbons (Fsp3) is 0.222. The molecule has 0 aliphatic heterocycles. The van der Waals surface area contributed by atoms with Crippen LogP contribution in [0, 0.1) is 6.92 Å². The molecular weight excluding hydrogens is 208 g/mol. The van der Waals surface area contributed by atoms with Crippen LogP contribution in [-0.4, -0.2) is 13.1 Å². The summed E-state index contributed by atoms with van der Waals surface area (Å²) < 4.78 is 4.60. The Kier molecular flexibility index (Phi) is 3.63. The quantitative estimate of drug-likeness (QED) is 0.711. The van der Waals surface area contributed by atoms with Crippen LogP contribution in [0.15, 0.2) is 23.1 Å². The molecule has 0 spiro atoms. The van der Waals surface area contributed by atoms with E-state index in [1.54, 1.807) is 12.1 Å². The minimum Gasteiger partial charge on any atom is -0.465 e. The molecule has 0 atom stereocenters. The number of hydrogen-bond acceptors (Lipinski definition) is 3. The average Bonchev–Trinajstić information content (AvgIpc) is 2.15. The van der Waals surface area contributed by atoms with E-state index in [2.05, 4.69) is 4.74 Å². The molecule has 0 unspecified atom stereocenters. The number of carbonyl (C=O) groups excluding carboxylic acids is 1. The normalized spacial score (nSPS) is 9.77. The Morgan fingerprint density at radius 3 is 2.69 bits per heavy atom. The second-order valence-corrected chi connectivity index (χ2v) is 3.69. The topological polar surface area (TPSA) is 26.3 Å². The molecule has 0 amide bonds. The number of methoxy groups -OCH3 is 1. The van der Waals surface area contributed by atoms with E-state index >= 15 is 0 Å². The molecule has 0 aliphatic carbocycles. The highest BCUT2D eigenvalue weighted by Gasteiger charge is 2.06. The number of esters is 1. The first kappa shape index (κ1) is 10.4. The molecule has 0 heterocycles. The van der Waals surface area contributed by atoms with Crippen LogP contribution < -0.4 is 0 Å². The molecule has 0 bridgehead atoms. The van der Waals surface area contributed by atoms with Crippen molar-refractivity contribution in [2.24, 2.45) is 0 Å². The number of aryl methyl sites for hydroxylation is 1. The summed E-state index contributed by atoms with van der Waals surface area (Å²) in [5.74, 6) is -0.337. The summed E-state index contributed by atoms with van der Waals surface area (Å²) in [6.07, 6.45) is 0. The minimum absolute atomic E-state index is 0.337. The molecule has 1 aromatic carbocycles. The van der Waals surface area contributed by atoms with E-state index < -0.39 is 0 Å². The van der Waals surface area contributed by atoms with Crippen LogP contribution in [0.1, 0.15) is 15.9 Å².